The van der Waals surface area contributed by atoms with E-state index in [1.807, 2.05) is 0 Å². The van der Waals surface area contributed by atoms with Gasteiger partial charge in [-0.2, -0.15) is 0 Å². The zero-order valence-electron chi connectivity index (χ0n) is 8.84. The van der Waals surface area contributed by atoms with Crippen molar-refractivity contribution in [2.45, 2.75) is 19.0 Å². The van der Waals surface area contributed by atoms with Gasteiger partial charge in [0.25, 0.3) is 0 Å². The van der Waals surface area contributed by atoms with Gasteiger partial charge in [0.1, 0.15) is 12.1 Å². The van der Waals surface area contributed by atoms with Crippen LogP contribution < -0.4 is 5.32 Å². The summed E-state index contributed by atoms with van der Waals surface area (Å²) < 4.78 is 0. The van der Waals surface area contributed by atoms with Crippen LogP contribution in [0.3, 0.4) is 0 Å². The minimum absolute atomic E-state index is 0.0552. The maximum absolute atomic E-state index is 11.7. The predicted molar refractivity (Wildman–Crippen MR) is 52.7 cm³/mol. The lowest BCUT2D eigenvalue weighted by Gasteiger charge is -2.43. The number of carbonyl (C=O) groups excluding carboxylic acids is 2. The Balaban J connectivity index is 2.16. The van der Waals surface area contributed by atoms with Crippen LogP contribution in [0.1, 0.15) is 6.92 Å². The van der Waals surface area contributed by atoms with Gasteiger partial charge in [0.2, 0.25) is 11.8 Å². The second kappa shape index (κ2) is 3.66. The molecule has 2 aliphatic heterocycles. The molecule has 2 heterocycles. The largest absolute Gasteiger partial charge is 0.465 e. The number of fused-ring (bicyclic) bond motifs is 1. The summed E-state index contributed by atoms with van der Waals surface area (Å²) in [5.41, 5.74) is 0. The molecule has 2 saturated heterocycles. The fraction of sp³-hybridized carbons (Fsp3) is 0.667. The van der Waals surface area contributed by atoms with E-state index in [1.54, 1.807) is 6.92 Å². The van der Waals surface area contributed by atoms with Gasteiger partial charge in [0.05, 0.1) is 6.54 Å². The highest BCUT2D eigenvalue weighted by Crippen LogP contribution is 2.15. The Morgan fingerprint density at radius 1 is 1.44 bits per heavy atom. The zero-order valence-corrected chi connectivity index (χ0v) is 8.84. The van der Waals surface area contributed by atoms with Crippen molar-refractivity contribution < 1.29 is 19.5 Å². The van der Waals surface area contributed by atoms with Gasteiger partial charge >= 0.3 is 6.09 Å². The molecule has 0 bridgehead atoms. The molecule has 2 aliphatic rings. The number of piperazine rings is 2. The molecule has 7 nitrogen and oxygen atoms in total. The number of carbonyl (C=O) groups is 3. The van der Waals surface area contributed by atoms with Gasteiger partial charge in [-0.3, -0.25) is 9.59 Å². The Bertz CT molecular complexity index is 357. The SMILES string of the molecule is C[C@@H]1NC(=O)C2CN(C(=O)O)CCN2C1=O. The summed E-state index contributed by atoms with van der Waals surface area (Å²) in [6.07, 6.45) is -1.06. The standard InChI is InChI=1S/C9H13N3O4/c1-5-8(14)12-3-2-11(9(15)16)4-6(12)7(13)10-5/h5-6H,2-4H2,1H3,(H,10,13)(H,15,16)/t5-,6?/m0/s1. The van der Waals surface area contributed by atoms with Crippen LogP contribution >= 0.6 is 0 Å². The minimum Gasteiger partial charge on any atom is -0.465 e. The normalized spacial score (nSPS) is 29.8. The van der Waals surface area contributed by atoms with Crippen molar-refractivity contribution in [3.05, 3.63) is 0 Å². The van der Waals surface area contributed by atoms with Crippen LogP contribution in [0.5, 0.6) is 0 Å². The molecule has 88 valence electrons. The molecule has 3 amide bonds. The quantitative estimate of drug-likeness (QED) is 0.538. The number of nitrogens with zero attached hydrogens (tertiary/aromatic N) is 2. The molecule has 2 fully saturated rings. The van der Waals surface area contributed by atoms with Gasteiger partial charge in [-0.1, -0.05) is 0 Å². The molecular weight excluding hydrogens is 214 g/mol. The van der Waals surface area contributed by atoms with Crippen molar-refractivity contribution in [1.82, 2.24) is 15.1 Å². The summed E-state index contributed by atoms with van der Waals surface area (Å²) in [6.45, 7) is 2.23. The molecule has 0 spiro atoms. The molecule has 0 radical (unpaired) electrons. The van der Waals surface area contributed by atoms with Crippen LogP contribution in [0.25, 0.3) is 0 Å². The average molecular weight is 227 g/mol. The fourth-order valence-electron chi connectivity index (χ4n) is 2.06. The number of amides is 3. The van der Waals surface area contributed by atoms with Crippen LogP contribution in [0.4, 0.5) is 4.79 Å². The van der Waals surface area contributed by atoms with E-state index in [1.165, 1.54) is 4.90 Å². The monoisotopic (exact) mass is 227 g/mol. The number of rotatable bonds is 0. The van der Waals surface area contributed by atoms with Crippen molar-refractivity contribution in [1.29, 1.82) is 0 Å². The van der Waals surface area contributed by atoms with E-state index in [0.29, 0.717) is 0 Å². The number of nitrogens with one attached hydrogen (secondary N) is 1. The summed E-state index contributed by atoms with van der Waals surface area (Å²) in [7, 11) is 0. The van der Waals surface area contributed by atoms with E-state index in [2.05, 4.69) is 5.32 Å². The van der Waals surface area contributed by atoms with Gasteiger partial charge in [0.15, 0.2) is 0 Å². The van der Waals surface area contributed by atoms with Crippen molar-refractivity contribution in [3.8, 4) is 0 Å². The summed E-state index contributed by atoms with van der Waals surface area (Å²) >= 11 is 0. The van der Waals surface area contributed by atoms with Crippen LogP contribution in [0.2, 0.25) is 0 Å². The minimum atomic E-state index is -1.06. The fourth-order valence-corrected chi connectivity index (χ4v) is 2.06. The van der Waals surface area contributed by atoms with E-state index < -0.39 is 18.2 Å². The van der Waals surface area contributed by atoms with Crippen molar-refractivity contribution >= 4 is 17.9 Å². The average Bonchev–Trinajstić information content (AvgIpc) is 2.25. The van der Waals surface area contributed by atoms with Gasteiger partial charge in [0, 0.05) is 13.1 Å². The molecule has 0 aromatic rings. The number of carboxylic acid groups (broad SMARTS) is 1. The van der Waals surface area contributed by atoms with Crippen LogP contribution in [0.15, 0.2) is 0 Å². The topological polar surface area (TPSA) is 89.9 Å². The molecule has 2 rings (SSSR count). The summed E-state index contributed by atoms with van der Waals surface area (Å²) in [4.78, 5) is 36.7. The third kappa shape index (κ3) is 1.58. The first-order chi connectivity index (χ1) is 7.50. The zero-order chi connectivity index (χ0) is 11.9. The second-order valence-electron chi connectivity index (χ2n) is 4.01. The van der Waals surface area contributed by atoms with Crippen LogP contribution in [0, 0.1) is 0 Å². The van der Waals surface area contributed by atoms with E-state index in [-0.39, 0.29) is 31.4 Å². The summed E-state index contributed by atoms with van der Waals surface area (Å²) in [6, 6.07) is -1.19. The lowest BCUT2D eigenvalue weighted by Crippen LogP contribution is -2.69. The Morgan fingerprint density at radius 3 is 2.75 bits per heavy atom. The van der Waals surface area contributed by atoms with Crippen LogP contribution in [-0.2, 0) is 9.59 Å². The molecule has 0 aliphatic carbocycles. The second-order valence-corrected chi connectivity index (χ2v) is 4.01. The van der Waals surface area contributed by atoms with Crippen LogP contribution in [-0.4, -0.2) is 64.5 Å². The summed E-state index contributed by atoms with van der Waals surface area (Å²) in [5, 5.41) is 11.4. The molecule has 0 aromatic heterocycles. The molecule has 7 heteroatoms. The van der Waals surface area contributed by atoms with Gasteiger partial charge < -0.3 is 20.2 Å². The maximum Gasteiger partial charge on any atom is 0.407 e. The highest BCUT2D eigenvalue weighted by Gasteiger charge is 2.42. The first-order valence-corrected chi connectivity index (χ1v) is 5.09. The molecule has 1 unspecified atom stereocenters. The number of hydrogen-bond donors (Lipinski definition) is 2. The van der Waals surface area contributed by atoms with Gasteiger partial charge in [-0.05, 0) is 6.92 Å². The van der Waals surface area contributed by atoms with E-state index in [0.717, 1.165) is 4.90 Å². The highest BCUT2D eigenvalue weighted by molar-refractivity contribution is 5.97. The smallest absolute Gasteiger partial charge is 0.407 e. The maximum atomic E-state index is 11.7. The van der Waals surface area contributed by atoms with Crippen molar-refractivity contribution in [2.24, 2.45) is 0 Å². The lowest BCUT2D eigenvalue weighted by molar-refractivity contribution is -0.151. The molecule has 2 N–H and O–H groups in total. The van der Waals surface area contributed by atoms with Crippen molar-refractivity contribution in [2.75, 3.05) is 19.6 Å². The first kappa shape index (κ1) is 10.7. The van der Waals surface area contributed by atoms with Gasteiger partial charge in [-0.15, -0.1) is 0 Å². The first-order valence-electron chi connectivity index (χ1n) is 5.09. The number of hydrogen-bond acceptors (Lipinski definition) is 3. The third-order valence-corrected chi connectivity index (χ3v) is 2.97. The Morgan fingerprint density at radius 2 is 2.12 bits per heavy atom. The molecule has 16 heavy (non-hydrogen) atoms. The Kier molecular flexibility index (Phi) is 2.45. The Hall–Kier alpha value is -1.79. The highest BCUT2D eigenvalue weighted by atomic mass is 16.4. The van der Waals surface area contributed by atoms with E-state index >= 15 is 0 Å². The third-order valence-electron chi connectivity index (χ3n) is 2.97. The summed E-state index contributed by atoms with van der Waals surface area (Å²) in [5.74, 6) is -0.423. The predicted octanol–water partition coefficient (Wildman–Crippen LogP) is -1.30. The van der Waals surface area contributed by atoms with Crippen molar-refractivity contribution in [3.63, 3.8) is 0 Å². The molecule has 2 atom stereocenters. The van der Waals surface area contributed by atoms with E-state index in [4.69, 9.17) is 5.11 Å². The molecule has 0 saturated carbocycles. The van der Waals surface area contributed by atoms with Gasteiger partial charge in [-0.25, -0.2) is 4.79 Å². The lowest BCUT2D eigenvalue weighted by atomic mass is 10.1. The molecular formula is C9H13N3O4. The Labute approximate surface area is 92.0 Å². The van der Waals surface area contributed by atoms with E-state index in [9.17, 15) is 14.4 Å². The molecule has 0 aromatic carbocycles.